The van der Waals surface area contributed by atoms with Gasteiger partial charge in [-0.05, 0) is 65.1 Å². The van der Waals surface area contributed by atoms with Crippen molar-refractivity contribution in [3.05, 3.63) is 94.0 Å². The van der Waals surface area contributed by atoms with E-state index in [0.29, 0.717) is 17.3 Å². The zero-order chi connectivity index (χ0) is 20.6. The van der Waals surface area contributed by atoms with Crippen LogP contribution < -0.4 is 9.46 Å². The van der Waals surface area contributed by atoms with E-state index < -0.39 is 10.0 Å². The molecule has 0 spiro atoms. The number of fused-ring (bicyclic) bond motifs is 2. The lowest BCUT2D eigenvalue weighted by Gasteiger charge is -2.16. The van der Waals surface area contributed by atoms with Crippen molar-refractivity contribution in [2.24, 2.45) is 0 Å². The molecule has 1 N–H and O–H groups in total. The molecule has 0 fully saturated rings. The predicted octanol–water partition coefficient (Wildman–Crippen LogP) is 5.58. The normalized spacial score (nSPS) is 14.9. The molecule has 6 heteroatoms. The molecule has 4 rings (SSSR count). The molecule has 0 amide bonds. The molecule has 0 saturated heterocycles. The smallest absolute Gasteiger partial charge is 0.229 e. The molecule has 0 bridgehead atoms. The lowest BCUT2D eigenvalue weighted by atomic mass is 9.88. The van der Waals surface area contributed by atoms with Crippen molar-refractivity contribution in [1.82, 2.24) is 0 Å². The minimum absolute atomic E-state index is 0.430. The first-order chi connectivity index (χ1) is 13.8. The Morgan fingerprint density at radius 1 is 1.00 bits per heavy atom. The monoisotopic (exact) mass is 425 g/mol. The summed E-state index contributed by atoms with van der Waals surface area (Å²) < 4.78 is 31.9. The summed E-state index contributed by atoms with van der Waals surface area (Å²) in [5.74, 6) is 0.805. The first-order valence-corrected chi connectivity index (χ1v) is 11.4. The van der Waals surface area contributed by atoms with Crippen LogP contribution in [0.4, 0.5) is 5.69 Å². The topological polar surface area (TPSA) is 55.4 Å². The lowest BCUT2D eigenvalue weighted by Crippen LogP contribution is -2.09. The van der Waals surface area contributed by atoms with Crippen molar-refractivity contribution in [2.75, 3.05) is 11.0 Å². The molecule has 0 unspecified atom stereocenters. The van der Waals surface area contributed by atoms with Crippen LogP contribution >= 0.6 is 11.6 Å². The molecule has 1 aliphatic rings. The Morgan fingerprint density at radius 3 is 2.59 bits per heavy atom. The van der Waals surface area contributed by atoms with Crippen molar-refractivity contribution in [1.29, 1.82) is 0 Å². The number of halogens is 1. The van der Waals surface area contributed by atoms with Crippen molar-refractivity contribution in [3.63, 3.8) is 0 Å². The van der Waals surface area contributed by atoms with Crippen LogP contribution in [0.25, 0.3) is 11.1 Å². The second kappa shape index (κ2) is 7.58. The fraction of sp³-hybridized carbons (Fsp3) is 0.130. The summed E-state index contributed by atoms with van der Waals surface area (Å²) in [5.41, 5.74) is 6.56. The van der Waals surface area contributed by atoms with E-state index >= 15 is 0 Å². The number of benzene rings is 3. The van der Waals surface area contributed by atoms with Gasteiger partial charge in [0.2, 0.25) is 10.0 Å². The number of hydrogen-bond donors (Lipinski definition) is 1. The number of para-hydroxylation sites is 1. The maximum atomic E-state index is 11.6. The Labute approximate surface area is 175 Å². The molecule has 0 aromatic heterocycles. The van der Waals surface area contributed by atoms with Gasteiger partial charge in [0.15, 0.2) is 0 Å². The minimum atomic E-state index is -3.35. The second-order valence-electron chi connectivity index (χ2n) is 7.04. The molecule has 0 atom stereocenters. The van der Waals surface area contributed by atoms with Crippen molar-refractivity contribution >= 4 is 38.5 Å². The number of ether oxygens (including phenoxy) is 1. The minimum Gasteiger partial charge on any atom is -0.488 e. The summed E-state index contributed by atoms with van der Waals surface area (Å²) in [5, 5.41) is 0.662. The van der Waals surface area contributed by atoms with E-state index in [1.165, 1.54) is 0 Å². The van der Waals surface area contributed by atoms with Gasteiger partial charge in [0, 0.05) is 16.3 Å². The summed E-state index contributed by atoms with van der Waals surface area (Å²) in [6, 6.07) is 21.1. The summed E-state index contributed by atoms with van der Waals surface area (Å²) in [4.78, 5) is 0. The van der Waals surface area contributed by atoms with E-state index in [1.54, 1.807) is 6.07 Å². The van der Waals surface area contributed by atoms with Gasteiger partial charge in [-0.3, -0.25) is 4.72 Å². The van der Waals surface area contributed by atoms with Crippen LogP contribution in [0.3, 0.4) is 0 Å². The van der Waals surface area contributed by atoms with Crippen LogP contribution in [-0.4, -0.2) is 14.7 Å². The van der Waals surface area contributed by atoms with Crippen LogP contribution in [0.1, 0.15) is 29.2 Å². The van der Waals surface area contributed by atoms with E-state index in [4.69, 9.17) is 16.3 Å². The quantitative estimate of drug-likeness (QED) is 0.595. The molecule has 0 aliphatic carbocycles. The van der Waals surface area contributed by atoms with Crippen molar-refractivity contribution in [3.8, 4) is 5.75 Å². The van der Waals surface area contributed by atoms with Gasteiger partial charge in [-0.15, -0.1) is 0 Å². The van der Waals surface area contributed by atoms with Gasteiger partial charge in [-0.2, -0.15) is 0 Å². The van der Waals surface area contributed by atoms with Gasteiger partial charge in [0.1, 0.15) is 12.4 Å². The molecule has 4 nitrogen and oxygen atoms in total. The standard InChI is InChI=1S/C23H20ClNO3S/c1-15(16-6-5-7-19(13-16)25-29(2,26)27)23-20-11-10-18(24)12-17(20)14-28-22-9-4-3-8-21(22)23/h3-13,25H,14H2,1-2H3/b23-15-. The maximum Gasteiger partial charge on any atom is 0.229 e. The zero-order valence-corrected chi connectivity index (χ0v) is 17.6. The van der Waals surface area contributed by atoms with E-state index in [9.17, 15) is 8.42 Å². The van der Waals surface area contributed by atoms with Crippen molar-refractivity contribution in [2.45, 2.75) is 13.5 Å². The van der Waals surface area contributed by atoms with Crippen LogP contribution in [0.2, 0.25) is 5.02 Å². The molecule has 0 radical (unpaired) electrons. The first-order valence-electron chi connectivity index (χ1n) is 9.12. The predicted molar refractivity (Wildman–Crippen MR) is 119 cm³/mol. The van der Waals surface area contributed by atoms with E-state index in [1.807, 2.05) is 67.6 Å². The van der Waals surface area contributed by atoms with Crippen LogP contribution in [0, 0.1) is 0 Å². The molecule has 148 valence electrons. The Hall–Kier alpha value is -2.76. The number of allylic oxidation sites excluding steroid dienone is 1. The van der Waals surface area contributed by atoms with E-state index in [-0.39, 0.29) is 0 Å². The van der Waals surface area contributed by atoms with Gasteiger partial charge in [0.25, 0.3) is 0 Å². The highest BCUT2D eigenvalue weighted by molar-refractivity contribution is 7.92. The molecule has 0 saturated carbocycles. The van der Waals surface area contributed by atoms with Gasteiger partial charge >= 0.3 is 0 Å². The average molecular weight is 426 g/mol. The fourth-order valence-electron chi connectivity index (χ4n) is 3.60. The SMILES string of the molecule is C/C(=C1\c2ccc(Cl)cc2COc2ccccc21)c1cccc(NS(C)(=O)=O)c1. The van der Waals surface area contributed by atoms with Gasteiger partial charge in [0.05, 0.1) is 6.26 Å². The van der Waals surface area contributed by atoms with E-state index in [0.717, 1.165) is 45.4 Å². The molecule has 29 heavy (non-hydrogen) atoms. The van der Waals surface area contributed by atoms with Crippen LogP contribution in [-0.2, 0) is 16.6 Å². The highest BCUT2D eigenvalue weighted by Gasteiger charge is 2.21. The molecule has 1 heterocycles. The summed E-state index contributed by atoms with van der Waals surface area (Å²) in [7, 11) is -3.35. The summed E-state index contributed by atoms with van der Waals surface area (Å²) in [6.45, 7) is 2.47. The number of anilines is 1. The highest BCUT2D eigenvalue weighted by atomic mass is 35.5. The highest BCUT2D eigenvalue weighted by Crippen LogP contribution is 2.41. The molecular formula is C23H20ClNO3S. The Kier molecular flexibility index (Phi) is 5.11. The zero-order valence-electron chi connectivity index (χ0n) is 16.1. The van der Waals surface area contributed by atoms with Gasteiger partial charge in [-0.25, -0.2) is 8.42 Å². The third-order valence-electron chi connectivity index (χ3n) is 4.85. The van der Waals surface area contributed by atoms with Crippen LogP contribution in [0.15, 0.2) is 66.7 Å². The first kappa shape index (κ1) is 19.6. The number of hydrogen-bond acceptors (Lipinski definition) is 3. The number of nitrogens with one attached hydrogen (secondary N) is 1. The molecule has 1 aliphatic heterocycles. The number of rotatable bonds is 3. The largest absolute Gasteiger partial charge is 0.488 e. The second-order valence-corrected chi connectivity index (χ2v) is 9.23. The van der Waals surface area contributed by atoms with Crippen LogP contribution in [0.5, 0.6) is 5.75 Å². The third-order valence-corrected chi connectivity index (χ3v) is 5.69. The molecular weight excluding hydrogens is 406 g/mol. The lowest BCUT2D eigenvalue weighted by molar-refractivity contribution is 0.307. The fourth-order valence-corrected chi connectivity index (χ4v) is 4.35. The van der Waals surface area contributed by atoms with E-state index in [2.05, 4.69) is 4.72 Å². The molecule has 3 aromatic rings. The maximum absolute atomic E-state index is 11.6. The van der Waals surface area contributed by atoms with Crippen molar-refractivity contribution < 1.29 is 13.2 Å². The Bertz CT molecular complexity index is 1230. The number of sulfonamides is 1. The third kappa shape index (κ3) is 4.16. The Morgan fingerprint density at radius 2 is 1.79 bits per heavy atom. The summed E-state index contributed by atoms with van der Waals surface area (Å²) in [6.07, 6.45) is 1.14. The summed E-state index contributed by atoms with van der Waals surface area (Å²) >= 11 is 6.23. The average Bonchev–Trinajstić information content (AvgIpc) is 2.83. The Balaban J connectivity index is 1.95. The molecule has 3 aromatic carbocycles. The van der Waals surface area contributed by atoms with Gasteiger partial charge in [-0.1, -0.05) is 48.0 Å². The van der Waals surface area contributed by atoms with Gasteiger partial charge < -0.3 is 4.74 Å².